The summed E-state index contributed by atoms with van der Waals surface area (Å²) in [6.45, 7) is 1.84. The van der Waals surface area contributed by atoms with Gasteiger partial charge < -0.3 is 10.2 Å². The fourth-order valence-electron chi connectivity index (χ4n) is 1.45. The molecular weight excluding hydrogens is 180 g/mol. The third-order valence-corrected chi connectivity index (χ3v) is 2.22. The second-order valence-electron chi connectivity index (χ2n) is 3.28. The fourth-order valence-corrected chi connectivity index (χ4v) is 1.45. The quantitative estimate of drug-likeness (QED) is 0.767. The number of carbonyl (C=O) groups is 1. The number of benzene rings is 1. The maximum atomic E-state index is 11.0. The lowest BCUT2D eigenvalue weighted by atomic mass is 9.89. The molecule has 1 atom stereocenters. The molecule has 1 aromatic rings. The van der Waals surface area contributed by atoms with Gasteiger partial charge in [0.25, 0.3) is 0 Å². The normalized spacial score (nSPS) is 14.7. The van der Waals surface area contributed by atoms with Crippen molar-refractivity contribution in [3.05, 3.63) is 35.9 Å². The number of carboxylic acid groups (broad SMARTS) is 1. The lowest BCUT2D eigenvalue weighted by Gasteiger charge is -2.23. The van der Waals surface area contributed by atoms with Gasteiger partial charge in [-0.05, 0) is 12.0 Å². The van der Waals surface area contributed by atoms with E-state index in [1.165, 1.54) is 0 Å². The van der Waals surface area contributed by atoms with Gasteiger partial charge in [0.2, 0.25) is 0 Å². The SMILES string of the molecule is CCC[C@@](O)(C(=O)O)c1ccccc1. The molecule has 3 nitrogen and oxygen atoms in total. The molecule has 0 amide bonds. The summed E-state index contributed by atoms with van der Waals surface area (Å²) in [7, 11) is 0. The Morgan fingerprint density at radius 3 is 2.36 bits per heavy atom. The van der Waals surface area contributed by atoms with Crippen LogP contribution >= 0.6 is 0 Å². The summed E-state index contributed by atoms with van der Waals surface area (Å²) >= 11 is 0. The van der Waals surface area contributed by atoms with Crippen LogP contribution in [-0.4, -0.2) is 16.2 Å². The number of hydrogen-bond acceptors (Lipinski definition) is 2. The maximum absolute atomic E-state index is 11.0. The van der Waals surface area contributed by atoms with E-state index in [4.69, 9.17) is 5.11 Å². The molecule has 2 N–H and O–H groups in total. The van der Waals surface area contributed by atoms with E-state index in [0.29, 0.717) is 12.0 Å². The number of hydrogen-bond donors (Lipinski definition) is 2. The molecule has 0 spiro atoms. The second-order valence-corrected chi connectivity index (χ2v) is 3.28. The first-order valence-electron chi connectivity index (χ1n) is 4.62. The van der Waals surface area contributed by atoms with Crippen molar-refractivity contribution in [1.29, 1.82) is 0 Å². The van der Waals surface area contributed by atoms with E-state index < -0.39 is 11.6 Å². The first-order chi connectivity index (χ1) is 6.61. The molecule has 0 aliphatic heterocycles. The Kier molecular flexibility index (Phi) is 3.25. The maximum Gasteiger partial charge on any atom is 0.340 e. The van der Waals surface area contributed by atoms with Gasteiger partial charge >= 0.3 is 5.97 Å². The van der Waals surface area contributed by atoms with E-state index in [0.717, 1.165) is 0 Å². The minimum Gasteiger partial charge on any atom is -0.479 e. The highest BCUT2D eigenvalue weighted by molar-refractivity contribution is 5.79. The van der Waals surface area contributed by atoms with Crippen LogP contribution in [0.3, 0.4) is 0 Å². The second kappa shape index (κ2) is 4.24. The summed E-state index contributed by atoms with van der Waals surface area (Å²) in [5, 5.41) is 18.9. The van der Waals surface area contributed by atoms with Gasteiger partial charge in [-0.1, -0.05) is 43.7 Å². The lowest BCUT2D eigenvalue weighted by molar-refractivity contribution is -0.160. The monoisotopic (exact) mass is 194 g/mol. The topological polar surface area (TPSA) is 57.5 Å². The molecule has 0 fully saturated rings. The summed E-state index contributed by atoms with van der Waals surface area (Å²) in [5.74, 6) is -1.19. The van der Waals surface area contributed by atoms with Gasteiger partial charge in [-0.2, -0.15) is 0 Å². The first kappa shape index (κ1) is 10.7. The van der Waals surface area contributed by atoms with Gasteiger partial charge in [-0.3, -0.25) is 0 Å². The highest BCUT2D eigenvalue weighted by atomic mass is 16.4. The molecule has 0 aliphatic carbocycles. The first-order valence-corrected chi connectivity index (χ1v) is 4.62. The Bertz CT molecular complexity index is 308. The van der Waals surface area contributed by atoms with Crippen LogP contribution in [0.5, 0.6) is 0 Å². The minimum absolute atomic E-state index is 0.229. The van der Waals surface area contributed by atoms with Crippen LogP contribution in [-0.2, 0) is 10.4 Å². The van der Waals surface area contributed by atoms with Crippen molar-refractivity contribution in [2.45, 2.75) is 25.4 Å². The van der Waals surface area contributed by atoms with Crippen molar-refractivity contribution < 1.29 is 15.0 Å². The Labute approximate surface area is 83.0 Å². The zero-order valence-corrected chi connectivity index (χ0v) is 8.10. The number of carboxylic acids is 1. The van der Waals surface area contributed by atoms with E-state index in [2.05, 4.69) is 0 Å². The van der Waals surface area contributed by atoms with Crippen LogP contribution in [0.25, 0.3) is 0 Å². The molecule has 0 bridgehead atoms. The molecule has 3 heteroatoms. The predicted molar refractivity (Wildman–Crippen MR) is 52.9 cm³/mol. The van der Waals surface area contributed by atoms with Crippen LogP contribution in [0.1, 0.15) is 25.3 Å². The highest BCUT2D eigenvalue weighted by Gasteiger charge is 2.36. The number of rotatable bonds is 4. The zero-order chi connectivity index (χ0) is 10.6. The Balaban J connectivity index is 3.06. The Hall–Kier alpha value is -1.35. The van der Waals surface area contributed by atoms with Gasteiger partial charge in [0.05, 0.1) is 0 Å². The van der Waals surface area contributed by atoms with Crippen molar-refractivity contribution in [3.8, 4) is 0 Å². The number of aliphatic hydroxyl groups is 1. The van der Waals surface area contributed by atoms with Gasteiger partial charge in [-0.15, -0.1) is 0 Å². The zero-order valence-electron chi connectivity index (χ0n) is 8.10. The van der Waals surface area contributed by atoms with Gasteiger partial charge in [0.1, 0.15) is 0 Å². The molecule has 1 aromatic carbocycles. The highest BCUT2D eigenvalue weighted by Crippen LogP contribution is 2.26. The van der Waals surface area contributed by atoms with E-state index >= 15 is 0 Å². The molecule has 0 aliphatic rings. The average molecular weight is 194 g/mol. The van der Waals surface area contributed by atoms with Crippen molar-refractivity contribution in [1.82, 2.24) is 0 Å². The fraction of sp³-hybridized carbons (Fsp3) is 0.364. The smallest absolute Gasteiger partial charge is 0.340 e. The average Bonchev–Trinajstić information content (AvgIpc) is 2.19. The molecule has 0 heterocycles. The third-order valence-electron chi connectivity index (χ3n) is 2.22. The Morgan fingerprint density at radius 1 is 1.36 bits per heavy atom. The van der Waals surface area contributed by atoms with E-state index in [1.807, 2.05) is 6.92 Å². The molecule has 0 radical (unpaired) electrons. The number of aliphatic carboxylic acids is 1. The van der Waals surface area contributed by atoms with Crippen LogP contribution in [0.15, 0.2) is 30.3 Å². The molecule has 1 rings (SSSR count). The van der Waals surface area contributed by atoms with Crippen molar-refractivity contribution in [2.75, 3.05) is 0 Å². The van der Waals surface area contributed by atoms with Crippen LogP contribution in [0, 0.1) is 0 Å². The van der Waals surface area contributed by atoms with Crippen molar-refractivity contribution >= 4 is 5.97 Å². The van der Waals surface area contributed by atoms with Crippen LogP contribution < -0.4 is 0 Å². The molecular formula is C11H14O3. The van der Waals surface area contributed by atoms with E-state index in [1.54, 1.807) is 30.3 Å². The minimum atomic E-state index is -1.74. The molecule has 0 saturated carbocycles. The largest absolute Gasteiger partial charge is 0.479 e. The summed E-state index contributed by atoms with van der Waals surface area (Å²) < 4.78 is 0. The molecule has 0 saturated heterocycles. The van der Waals surface area contributed by atoms with Crippen LogP contribution in [0.2, 0.25) is 0 Å². The Morgan fingerprint density at radius 2 is 1.93 bits per heavy atom. The van der Waals surface area contributed by atoms with Gasteiger partial charge in [0.15, 0.2) is 5.60 Å². The summed E-state index contributed by atoms with van der Waals surface area (Å²) in [5.41, 5.74) is -1.30. The van der Waals surface area contributed by atoms with Gasteiger partial charge in [-0.25, -0.2) is 4.79 Å². The van der Waals surface area contributed by atoms with Crippen molar-refractivity contribution in [2.24, 2.45) is 0 Å². The van der Waals surface area contributed by atoms with E-state index in [9.17, 15) is 9.90 Å². The van der Waals surface area contributed by atoms with Crippen LogP contribution in [0.4, 0.5) is 0 Å². The standard InChI is InChI=1S/C11H14O3/c1-2-8-11(14,10(12)13)9-6-4-3-5-7-9/h3-7,14H,2,8H2,1H3,(H,12,13)/t11-/m0/s1. The molecule has 0 unspecified atom stereocenters. The molecule has 76 valence electrons. The summed E-state index contributed by atoms with van der Waals surface area (Å²) in [6.07, 6.45) is 0.851. The summed E-state index contributed by atoms with van der Waals surface area (Å²) in [6, 6.07) is 8.49. The summed E-state index contributed by atoms with van der Waals surface area (Å²) in [4.78, 5) is 11.0. The lowest BCUT2D eigenvalue weighted by Crippen LogP contribution is -2.35. The molecule has 14 heavy (non-hydrogen) atoms. The van der Waals surface area contributed by atoms with E-state index in [-0.39, 0.29) is 6.42 Å². The van der Waals surface area contributed by atoms with Crippen molar-refractivity contribution in [3.63, 3.8) is 0 Å². The third kappa shape index (κ3) is 1.93. The van der Waals surface area contributed by atoms with Gasteiger partial charge in [0, 0.05) is 0 Å². The predicted octanol–water partition coefficient (Wildman–Crippen LogP) is 1.76. The molecule has 0 aromatic heterocycles.